The first-order valence-electron chi connectivity index (χ1n) is 6.62. The summed E-state index contributed by atoms with van der Waals surface area (Å²) in [7, 11) is -2.37. The Bertz CT molecular complexity index is 766. The Morgan fingerprint density at radius 2 is 1.83 bits per heavy atom. The molecule has 0 amide bonds. The minimum atomic E-state index is -3.92. The molecule has 0 aliphatic rings. The molecular weight excluding hydrogens is 345 g/mol. The van der Waals surface area contributed by atoms with Gasteiger partial charge in [-0.25, -0.2) is 12.8 Å². The number of hydrogen-bond donors (Lipinski definition) is 1. The molecule has 2 rings (SSSR count). The maximum absolute atomic E-state index is 13.8. The van der Waals surface area contributed by atoms with Gasteiger partial charge < -0.3 is 9.47 Å². The number of halogens is 2. The van der Waals surface area contributed by atoms with Crippen molar-refractivity contribution < 1.29 is 22.3 Å². The lowest BCUT2D eigenvalue weighted by atomic mass is 10.3. The van der Waals surface area contributed by atoms with Gasteiger partial charge in [-0.2, -0.15) is 0 Å². The third-order valence-electron chi connectivity index (χ3n) is 2.89. The normalized spacial score (nSPS) is 11.3. The third-order valence-corrected chi connectivity index (χ3v) is 4.56. The van der Waals surface area contributed by atoms with E-state index in [4.69, 9.17) is 21.1 Å². The smallest absolute Gasteiger partial charge is 0.261 e. The lowest BCUT2D eigenvalue weighted by molar-refractivity contribution is 0.146. The lowest BCUT2D eigenvalue weighted by Crippen LogP contribution is -2.14. The zero-order chi connectivity index (χ0) is 16.9. The van der Waals surface area contributed by atoms with Gasteiger partial charge >= 0.3 is 0 Å². The van der Waals surface area contributed by atoms with Gasteiger partial charge in [0.2, 0.25) is 0 Å². The first-order chi connectivity index (χ1) is 10.9. The first-order valence-corrected chi connectivity index (χ1v) is 8.49. The van der Waals surface area contributed by atoms with E-state index in [-0.39, 0.29) is 15.6 Å². The molecule has 124 valence electrons. The zero-order valence-electron chi connectivity index (χ0n) is 12.3. The summed E-state index contributed by atoms with van der Waals surface area (Å²) in [6, 6.07) is 9.84. The van der Waals surface area contributed by atoms with E-state index in [1.54, 1.807) is 7.11 Å². The van der Waals surface area contributed by atoms with Gasteiger partial charge in [0.1, 0.15) is 12.4 Å². The molecule has 0 fully saturated rings. The second kappa shape index (κ2) is 7.63. The lowest BCUT2D eigenvalue weighted by Gasteiger charge is -2.10. The van der Waals surface area contributed by atoms with E-state index in [1.807, 2.05) is 0 Å². The Morgan fingerprint density at radius 3 is 2.48 bits per heavy atom. The standard InChI is InChI=1S/C15H15ClFNO4S/c1-21-9-10-22-11-5-7-12(8-6-11)23(19,20)18-14-4-2-3-13(16)15(14)17/h2-8,18H,9-10H2,1H3. The van der Waals surface area contributed by atoms with E-state index in [2.05, 4.69) is 4.72 Å². The highest BCUT2D eigenvalue weighted by Crippen LogP contribution is 2.25. The van der Waals surface area contributed by atoms with E-state index in [0.717, 1.165) is 0 Å². The molecule has 1 N–H and O–H groups in total. The van der Waals surface area contributed by atoms with Gasteiger partial charge in [0, 0.05) is 7.11 Å². The summed E-state index contributed by atoms with van der Waals surface area (Å²) >= 11 is 5.63. The molecule has 0 unspecified atom stereocenters. The molecule has 0 heterocycles. The molecule has 5 nitrogen and oxygen atoms in total. The maximum atomic E-state index is 13.8. The molecule has 0 atom stereocenters. The quantitative estimate of drug-likeness (QED) is 0.770. The first kappa shape index (κ1) is 17.5. The number of benzene rings is 2. The Labute approximate surface area is 139 Å². The number of anilines is 1. The van der Waals surface area contributed by atoms with Crippen molar-refractivity contribution >= 4 is 27.3 Å². The van der Waals surface area contributed by atoms with Crippen LogP contribution in [-0.2, 0) is 14.8 Å². The number of methoxy groups -OCH3 is 1. The summed E-state index contributed by atoms with van der Waals surface area (Å²) in [5.41, 5.74) is -0.210. The minimum Gasteiger partial charge on any atom is -0.491 e. The van der Waals surface area contributed by atoms with Gasteiger partial charge in [0.05, 0.1) is 22.2 Å². The van der Waals surface area contributed by atoms with Crippen molar-refractivity contribution in [2.75, 3.05) is 25.0 Å². The molecule has 2 aromatic rings. The minimum absolute atomic E-state index is 0.0176. The predicted octanol–water partition coefficient (Wildman–Crippen LogP) is 3.31. The fourth-order valence-electron chi connectivity index (χ4n) is 1.74. The highest BCUT2D eigenvalue weighted by molar-refractivity contribution is 7.92. The summed E-state index contributed by atoms with van der Waals surface area (Å²) in [6.45, 7) is 0.782. The fourth-order valence-corrected chi connectivity index (χ4v) is 2.98. The number of sulfonamides is 1. The fraction of sp³-hybridized carbons (Fsp3) is 0.200. The van der Waals surface area contributed by atoms with Crippen molar-refractivity contribution in [2.24, 2.45) is 0 Å². The molecule has 0 bridgehead atoms. The number of rotatable bonds is 7. The van der Waals surface area contributed by atoms with Crippen LogP contribution < -0.4 is 9.46 Å². The largest absolute Gasteiger partial charge is 0.491 e. The van der Waals surface area contributed by atoms with E-state index < -0.39 is 15.8 Å². The van der Waals surface area contributed by atoms with Crippen LogP contribution in [0.15, 0.2) is 47.4 Å². The molecule has 2 aromatic carbocycles. The monoisotopic (exact) mass is 359 g/mol. The van der Waals surface area contributed by atoms with Gasteiger partial charge in [-0.15, -0.1) is 0 Å². The molecule has 8 heteroatoms. The molecular formula is C15H15ClFNO4S. The second-order valence-corrected chi connectivity index (χ2v) is 6.61. The van der Waals surface area contributed by atoms with Gasteiger partial charge in [-0.3, -0.25) is 4.72 Å². The van der Waals surface area contributed by atoms with E-state index in [9.17, 15) is 12.8 Å². The van der Waals surface area contributed by atoms with Crippen molar-refractivity contribution in [1.82, 2.24) is 0 Å². The molecule has 0 saturated carbocycles. The molecule has 0 aliphatic heterocycles. The predicted molar refractivity (Wildman–Crippen MR) is 86.0 cm³/mol. The Kier molecular flexibility index (Phi) is 5.81. The molecule has 0 saturated heterocycles. The summed E-state index contributed by atoms with van der Waals surface area (Å²) in [4.78, 5) is -0.0176. The average Bonchev–Trinajstić information content (AvgIpc) is 2.52. The topological polar surface area (TPSA) is 64.6 Å². The van der Waals surface area contributed by atoms with Gasteiger partial charge in [-0.1, -0.05) is 17.7 Å². The van der Waals surface area contributed by atoms with E-state index in [1.165, 1.54) is 42.5 Å². The van der Waals surface area contributed by atoms with Crippen LogP contribution in [0.5, 0.6) is 5.75 Å². The molecule has 0 spiro atoms. The Morgan fingerprint density at radius 1 is 1.13 bits per heavy atom. The van der Waals surface area contributed by atoms with Crippen molar-refractivity contribution in [2.45, 2.75) is 4.90 Å². The van der Waals surface area contributed by atoms with Crippen LogP contribution in [0.25, 0.3) is 0 Å². The molecule has 0 radical (unpaired) electrons. The van der Waals surface area contributed by atoms with Crippen LogP contribution in [-0.4, -0.2) is 28.7 Å². The van der Waals surface area contributed by atoms with E-state index in [0.29, 0.717) is 19.0 Å². The number of ether oxygens (including phenoxy) is 2. The van der Waals surface area contributed by atoms with Gasteiger partial charge in [0.25, 0.3) is 10.0 Å². The van der Waals surface area contributed by atoms with Crippen LogP contribution in [0.1, 0.15) is 0 Å². The van der Waals surface area contributed by atoms with Crippen LogP contribution in [0, 0.1) is 5.82 Å². The Balaban J connectivity index is 2.14. The summed E-state index contributed by atoms with van der Waals surface area (Å²) in [6.07, 6.45) is 0. The van der Waals surface area contributed by atoms with Crippen LogP contribution in [0.3, 0.4) is 0 Å². The van der Waals surface area contributed by atoms with Gasteiger partial charge in [-0.05, 0) is 36.4 Å². The maximum Gasteiger partial charge on any atom is 0.261 e. The van der Waals surface area contributed by atoms with Crippen molar-refractivity contribution in [1.29, 1.82) is 0 Å². The molecule has 0 aliphatic carbocycles. The zero-order valence-corrected chi connectivity index (χ0v) is 13.8. The van der Waals surface area contributed by atoms with Crippen molar-refractivity contribution in [3.8, 4) is 5.75 Å². The highest BCUT2D eigenvalue weighted by Gasteiger charge is 2.17. The third kappa shape index (κ3) is 4.57. The summed E-state index contributed by atoms with van der Waals surface area (Å²) < 4.78 is 50.7. The van der Waals surface area contributed by atoms with Crippen molar-refractivity contribution in [3.05, 3.63) is 53.3 Å². The van der Waals surface area contributed by atoms with Crippen molar-refractivity contribution in [3.63, 3.8) is 0 Å². The Hall–Kier alpha value is -1.83. The SMILES string of the molecule is COCCOc1ccc(S(=O)(=O)Nc2cccc(Cl)c2F)cc1. The number of hydrogen-bond acceptors (Lipinski definition) is 4. The molecule has 23 heavy (non-hydrogen) atoms. The van der Waals surface area contributed by atoms with Crippen LogP contribution >= 0.6 is 11.6 Å². The van der Waals surface area contributed by atoms with Crippen LogP contribution in [0.4, 0.5) is 10.1 Å². The number of nitrogens with one attached hydrogen (secondary N) is 1. The average molecular weight is 360 g/mol. The van der Waals surface area contributed by atoms with Gasteiger partial charge in [0.15, 0.2) is 5.82 Å². The molecule has 0 aromatic heterocycles. The second-order valence-electron chi connectivity index (χ2n) is 4.52. The summed E-state index contributed by atoms with van der Waals surface area (Å²) in [5, 5.41) is -0.160. The highest BCUT2D eigenvalue weighted by atomic mass is 35.5. The van der Waals surface area contributed by atoms with Crippen LogP contribution in [0.2, 0.25) is 5.02 Å². The van der Waals surface area contributed by atoms with E-state index >= 15 is 0 Å². The summed E-state index contributed by atoms with van der Waals surface area (Å²) in [5.74, 6) is -0.313.